The molecule has 126 valence electrons. The number of nitrogens with zero attached hydrogens (tertiary/aromatic N) is 4. The fourth-order valence-electron chi connectivity index (χ4n) is 1.96. The topological polar surface area (TPSA) is 83.2 Å². The van der Waals surface area contributed by atoms with Crippen molar-refractivity contribution in [3.8, 4) is 11.8 Å². The molecule has 1 unspecified atom stereocenters. The second-order valence-electron chi connectivity index (χ2n) is 5.68. The third kappa shape index (κ3) is 5.11. The van der Waals surface area contributed by atoms with Crippen LogP contribution in [0.4, 0.5) is 5.69 Å². The van der Waals surface area contributed by atoms with Gasteiger partial charge in [-0.05, 0) is 45.3 Å². The van der Waals surface area contributed by atoms with Gasteiger partial charge in [-0.25, -0.2) is 0 Å². The Morgan fingerprint density at radius 1 is 1.42 bits per heavy atom. The summed E-state index contributed by atoms with van der Waals surface area (Å²) in [5.74, 6) is 0.282. The molecule has 0 spiro atoms. The molecule has 0 aliphatic heterocycles. The van der Waals surface area contributed by atoms with Gasteiger partial charge in [0.25, 0.3) is 5.91 Å². The monoisotopic (exact) mass is 327 g/mol. The molecular weight excluding hydrogens is 306 g/mol. The van der Waals surface area contributed by atoms with E-state index in [9.17, 15) is 4.79 Å². The van der Waals surface area contributed by atoms with E-state index < -0.39 is 6.10 Å². The molecule has 1 aromatic carbocycles. The lowest BCUT2D eigenvalue weighted by molar-refractivity contribution is -0.122. The lowest BCUT2D eigenvalue weighted by atomic mass is 10.2. The first-order valence-corrected chi connectivity index (χ1v) is 7.63. The summed E-state index contributed by atoms with van der Waals surface area (Å²) in [5.41, 5.74) is 1.18. The second kappa shape index (κ2) is 8.13. The Labute approximate surface area is 141 Å². The third-order valence-electron chi connectivity index (χ3n) is 3.34. The van der Waals surface area contributed by atoms with Crippen LogP contribution < -0.4 is 10.1 Å². The summed E-state index contributed by atoms with van der Waals surface area (Å²) < 4.78 is 7.36. The van der Waals surface area contributed by atoms with Gasteiger partial charge >= 0.3 is 0 Å². The molecule has 7 heteroatoms. The van der Waals surface area contributed by atoms with Crippen LogP contribution in [0.15, 0.2) is 36.7 Å². The van der Waals surface area contributed by atoms with Crippen molar-refractivity contribution in [3.05, 3.63) is 42.2 Å². The minimum atomic E-state index is -0.664. The number of rotatable bonds is 7. The number of likely N-dealkylation sites (N-methyl/N-ethyl adjacent to an activating group) is 1. The van der Waals surface area contributed by atoms with Crippen LogP contribution in [0.1, 0.15) is 12.5 Å². The standard InChI is InChI=1S/C17H21N5O2/c1-13(24-16-6-4-14(10-18)5-7-16)17(23)20-15-11-19-22(12-15)9-8-21(2)3/h4-7,11-13H,8-9H2,1-3H3,(H,20,23). The van der Waals surface area contributed by atoms with Gasteiger partial charge in [0.2, 0.25) is 0 Å². The lowest BCUT2D eigenvalue weighted by Crippen LogP contribution is -2.30. The number of nitriles is 1. The highest BCUT2D eigenvalue weighted by Crippen LogP contribution is 2.14. The van der Waals surface area contributed by atoms with Crippen LogP contribution in [-0.2, 0) is 11.3 Å². The fourth-order valence-corrected chi connectivity index (χ4v) is 1.96. The molecule has 0 aliphatic rings. The highest BCUT2D eigenvalue weighted by atomic mass is 16.5. The van der Waals surface area contributed by atoms with Crippen molar-refractivity contribution in [1.82, 2.24) is 14.7 Å². The molecule has 0 saturated carbocycles. The molecule has 0 saturated heterocycles. The van der Waals surface area contributed by atoms with Crippen LogP contribution in [0.2, 0.25) is 0 Å². The number of benzene rings is 1. The van der Waals surface area contributed by atoms with E-state index in [1.54, 1.807) is 48.3 Å². The van der Waals surface area contributed by atoms with Gasteiger partial charge in [-0.1, -0.05) is 0 Å². The highest BCUT2D eigenvalue weighted by molar-refractivity contribution is 5.93. The third-order valence-corrected chi connectivity index (χ3v) is 3.34. The number of hydrogen-bond donors (Lipinski definition) is 1. The number of anilines is 1. The number of aromatic nitrogens is 2. The van der Waals surface area contributed by atoms with Gasteiger partial charge in [-0.2, -0.15) is 10.4 Å². The molecule has 2 rings (SSSR count). The maximum absolute atomic E-state index is 12.2. The molecule has 1 N–H and O–H groups in total. The Morgan fingerprint density at radius 3 is 2.75 bits per heavy atom. The van der Waals surface area contributed by atoms with Crippen molar-refractivity contribution < 1.29 is 9.53 Å². The molecule has 0 radical (unpaired) electrons. The Kier molecular flexibility index (Phi) is 5.93. The van der Waals surface area contributed by atoms with E-state index in [1.165, 1.54) is 0 Å². The van der Waals surface area contributed by atoms with Crippen molar-refractivity contribution in [2.75, 3.05) is 26.0 Å². The van der Waals surface area contributed by atoms with E-state index in [-0.39, 0.29) is 5.91 Å². The maximum atomic E-state index is 12.2. The van der Waals surface area contributed by atoms with Gasteiger partial charge in [-0.3, -0.25) is 9.48 Å². The largest absolute Gasteiger partial charge is 0.481 e. The Morgan fingerprint density at radius 2 is 2.12 bits per heavy atom. The normalized spacial score (nSPS) is 11.8. The average molecular weight is 327 g/mol. The van der Waals surface area contributed by atoms with Crippen LogP contribution in [0.25, 0.3) is 0 Å². The van der Waals surface area contributed by atoms with E-state index in [4.69, 9.17) is 10.00 Å². The number of hydrogen-bond acceptors (Lipinski definition) is 5. The van der Waals surface area contributed by atoms with Crippen LogP contribution in [0, 0.1) is 11.3 Å². The second-order valence-corrected chi connectivity index (χ2v) is 5.68. The number of carbonyl (C=O) groups excluding carboxylic acids is 1. The SMILES string of the molecule is CC(Oc1ccc(C#N)cc1)C(=O)Nc1cnn(CCN(C)C)c1. The maximum Gasteiger partial charge on any atom is 0.265 e. The summed E-state index contributed by atoms with van der Waals surface area (Å²) in [6.45, 7) is 3.29. The van der Waals surface area contributed by atoms with Gasteiger partial charge in [0.1, 0.15) is 5.75 Å². The molecule has 7 nitrogen and oxygen atoms in total. The first kappa shape index (κ1) is 17.5. The van der Waals surface area contributed by atoms with E-state index in [0.29, 0.717) is 17.0 Å². The number of nitrogens with one attached hydrogen (secondary N) is 1. The molecule has 0 aliphatic carbocycles. The van der Waals surface area contributed by atoms with Gasteiger partial charge in [-0.15, -0.1) is 0 Å². The Hall–Kier alpha value is -2.85. The highest BCUT2D eigenvalue weighted by Gasteiger charge is 2.15. The minimum Gasteiger partial charge on any atom is -0.481 e. The summed E-state index contributed by atoms with van der Waals surface area (Å²) in [4.78, 5) is 14.2. The van der Waals surface area contributed by atoms with Crippen molar-refractivity contribution in [2.45, 2.75) is 19.6 Å². The minimum absolute atomic E-state index is 0.258. The van der Waals surface area contributed by atoms with Gasteiger partial charge in [0.15, 0.2) is 6.10 Å². The number of amides is 1. The summed E-state index contributed by atoms with van der Waals surface area (Å²) in [5, 5.41) is 15.8. The summed E-state index contributed by atoms with van der Waals surface area (Å²) in [6.07, 6.45) is 2.74. The van der Waals surface area contributed by atoms with Crippen molar-refractivity contribution in [3.63, 3.8) is 0 Å². The number of ether oxygens (including phenoxy) is 1. The zero-order valence-corrected chi connectivity index (χ0v) is 14.1. The molecule has 1 atom stereocenters. The quantitative estimate of drug-likeness (QED) is 0.837. The molecule has 2 aromatic rings. The molecule has 1 heterocycles. The average Bonchev–Trinajstić information content (AvgIpc) is 3.01. The predicted molar refractivity (Wildman–Crippen MR) is 90.7 cm³/mol. The Balaban J connectivity index is 1.88. The van der Waals surface area contributed by atoms with Crippen LogP contribution in [0.5, 0.6) is 5.75 Å². The van der Waals surface area contributed by atoms with Crippen LogP contribution >= 0.6 is 0 Å². The summed E-state index contributed by atoms with van der Waals surface area (Å²) in [7, 11) is 3.99. The van der Waals surface area contributed by atoms with Crippen LogP contribution in [0.3, 0.4) is 0 Å². The molecule has 1 amide bonds. The van der Waals surface area contributed by atoms with Crippen molar-refractivity contribution in [2.24, 2.45) is 0 Å². The molecule has 1 aromatic heterocycles. The summed E-state index contributed by atoms with van der Waals surface area (Å²) >= 11 is 0. The zero-order chi connectivity index (χ0) is 17.5. The number of carbonyl (C=O) groups is 1. The molecule has 0 fully saturated rings. The fraction of sp³-hybridized carbons (Fsp3) is 0.353. The van der Waals surface area contributed by atoms with Gasteiger partial charge in [0, 0.05) is 12.7 Å². The predicted octanol–water partition coefficient (Wildman–Crippen LogP) is 1.72. The molecule has 24 heavy (non-hydrogen) atoms. The van der Waals surface area contributed by atoms with Gasteiger partial charge in [0.05, 0.1) is 30.1 Å². The summed E-state index contributed by atoms with van der Waals surface area (Å²) in [6, 6.07) is 8.67. The smallest absolute Gasteiger partial charge is 0.265 e. The molecular formula is C17H21N5O2. The zero-order valence-electron chi connectivity index (χ0n) is 14.1. The van der Waals surface area contributed by atoms with E-state index in [1.807, 2.05) is 20.2 Å². The van der Waals surface area contributed by atoms with E-state index >= 15 is 0 Å². The van der Waals surface area contributed by atoms with Gasteiger partial charge < -0.3 is 15.0 Å². The Bertz CT molecular complexity index is 715. The van der Waals surface area contributed by atoms with Crippen molar-refractivity contribution in [1.29, 1.82) is 5.26 Å². The first-order chi connectivity index (χ1) is 11.5. The van der Waals surface area contributed by atoms with Crippen LogP contribution in [-0.4, -0.2) is 47.3 Å². The van der Waals surface area contributed by atoms with E-state index in [0.717, 1.165) is 13.1 Å². The van der Waals surface area contributed by atoms with E-state index in [2.05, 4.69) is 15.3 Å². The lowest BCUT2D eigenvalue weighted by Gasteiger charge is -2.14. The first-order valence-electron chi connectivity index (χ1n) is 7.63. The molecule has 0 bridgehead atoms. The van der Waals surface area contributed by atoms with Crippen molar-refractivity contribution >= 4 is 11.6 Å².